The van der Waals surface area contributed by atoms with Crippen molar-refractivity contribution >= 4 is 40.7 Å². The van der Waals surface area contributed by atoms with E-state index in [0.717, 1.165) is 11.4 Å². The number of aromatic nitrogens is 2. The van der Waals surface area contributed by atoms with E-state index in [-0.39, 0.29) is 0 Å². The van der Waals surface area contributed by atoms with Gasteiger partial charge in [-0.15, -0.1) is 0 Å². The van der Waals surface area contributed by atoms with Gasteiger partial charge in [0.05, 0.1) is 0 Å². The molecule has 94 valence electrons. The molecular formula is C12H13ClN4S. The molecule has 0 amide bonds. The van der Waals surface area contributed by atoms with Gasteiger partial charge in [0.2, 0.25) is 0 Å². The molecule has 3 N–H and O–H groups in total. The number of hydrogen-bond acceptors (Lipinski definition) is 5. The Hall–Kier alpha value is -1.46. The number of benzene rings is 1. The van der Waals surface area contributed by atoms with Crippen LogP contribution in [-0.2, 0) is 0 Å². The fourth-order valence-corrected chi connectivity index (χ4v) is 2.10. The largest absolute Gasteiger partial charge is 0.383 e. The molecule has 1 aromatic carbocycles. The third-order valence-electron chi connectivity index (χ3n) is 2.12. The van der Waals surface area contributed by atoms with E-state index < -0.39 is 0 Å². The van der Waals surface area contributed by atoms with Gasteiger partial charge in [0.15, 0.2) is 5.16 Å². The maximum atomic E-state index is 5.83. The highest BCUT2D eigenvalue weighted by molar-refractivity contribution is 7.99. The lowest BCUT2D eigenvalue weighted by molar-refractivity contribution is 0.981. The molecule has 0 aliphatic carbocycles. The zero-order valence-electron chi connectivity index (χ0n) is 9.85. The highest BCUT2D eigenvalue weighted by atomic mass is 35.5. The molecule has 0 saturated heterocycles. The Morgan fingerprint density at radius 3 is 2.67 bits per heavy atom. The lowest BCUT2D eigenvalue weighted by atomic mass is 10.3. The second-order valence-corrected chi connectivity index (χ2v) is 5.19. The SMILES string of the molecule is CCSc1nc(N)cc(Nc2ccc(Cl)cc2)n1. The van der Waals surface area contributed by atoms with Crippen LogP contribution in [0.2, 0.25) is 5.02 Å². The molecule has 2 rings (SSSR count). The topological polar surface area (TPSA) is 63.8 Å². The van der Waals surface area contributed by atoms with Crippen LogP contribution in [0.15, 0.2) is 35.5 Å². The quantitative estimate of drug-likeness (QED) is 0.662. The number of thioether (sulfide) groups is 1. The first kappa shape index (κ1) is 13.0. The molecule has 0 radical (unpaired) electrons. The highest BCUT2D eigenvalue weighted by Crippen LogP contribution is 2.21. The predicted octanol–water partition coefficient (Wildman–Crippen LogP) is 3.57. The molecule has 4 nitrogen and oxygen atoms in total. The first-order chi connectivity index (χ1) is 8.67. The third-order valence-corrected chi connectivity index (χ3v) is 3.10. The zero-order chi connectivity index (χ0) is 13.0. The van der Waals surface area contributed by atoms with Crippen molar-refractivity contribution in [1.29, 1.82) is 0 Å². The molecule has 0 aliphatic rings. The fraction of sp³-hybridized carbons (Fsp3) is 0.167. The molecular weight excluding hydrogens is 268 g/mol. The summed E-state index contributed by atoms with van der Waals surface area (Å²) in [6.45, 7) is 2.05. The first-order valence-electron chi connectivity index (χ1n) is 5.47. The molecule has 0 aliphatic heterocycles. The average Bonchev–Trinajstić information content (AvgIpc) is 2.32. The normalized spacial score (nSPS) is 10.3. The van der Waals surface area contributed by atoms with E-state index in [9.17, 15) is 0 Å². The van der Waals surface area contributed by atoms with Gasteiger partial charge < -0.3 is 11.1 Å². The minimum absolute atomic E-state index is 0.456. The van der Waals surface area contributed by atoms with Crippen LogP contribution < -0.4 is 11.1 Å². The highest BCUT2D eigenvalue weighted by Gasteiger charge is 2.03. The maximum absolute atomic E-state index is 5.83. The van der Waals surface area contributed by atoms with E-state index in [4.69, 9.17) is 17.3 Å². The lowest BCUT2D eigenvalue weighted by Gasteiger charge is -2.07. The van der Waals surface area contributed by atoms with Crippen LogP contribution in [0.3, 0.4) is 0 Å². The second-order valence-electron chi connectivity index (χ2n) is 3.53. The average molecular weight is 281 g/mol. The predicted molar refractivity (Wildman–Crippen MR) is 77.6 cm³/mol. The number of nitrogens with one attached hydrogen (secondary N) is 1. The fourth-order valence-electron chi connectivity index (χ4n) is 1.38. The zero-order valence-corrected chi connectivity index (χ0v) is 11.4. The maximum Gasteiger partial charge on any atom is 0.191 e. The van der Waals surface area contributed by atoms with Crippen LogP contribution >= 0.6 is 23.4 Å². The third kappa shape index (κ3) is 3.51. The van der Waals surface area contributed by atoms with Crippen LogP contribution in [0.25, 0.3) is 0 Å². The Balaban J connectivity index is 2.20. The van der Waals surface area contributed by atoms with Crippen molar-refractivity contribution in [3.63, 3.8) is 0 Å². The van der Waals surface area contributed by atoms with Gasteiger partial charge in [0.25, 0.3) is 0 Å². The molecule has 18 heavy (non-hydrogen) atoms. The van der Waals surface area contributed by atoms with Crippen molar-refractivity contribution in [3.05, 3.63) is 35.4 Å². The van der Waals surface area contributed by atoms with Crippen LogP contribution in [0.5, 0.6) is 0 Å². The van der Waals surface area contributed by atoms with Gasteiger partial charge in [0, 0.05) is 16.8 Å². The van der Waals surface area contributed by atoms with Gasteiger partial charge in [0.1, 0.15) is 11.6 Å². The van der Waals surface area contributed by atoms with Gasteiger partial charge >= 0.3 is 0 Å². The standard InChI is InChI=1S/C12H13ClN4S/c1-2-18-12-16-10(14)7-11(17-12)15-9-5-3-8(13)4-6-9/h3-7H,2H2,1H3,(H3,14,15,16,17). The summed E-state index contributed by atoms with van der Waals surface area (Å²) in [5.74, 6) is 2.04. The second kappa shape index (κ2) is 5.93. The number of hydrogen-bond donors (Lipinski definition) is 2. The molecule has 1 aromatic heterocycles. The van der Waals surface area contributed by atoms with Crippen molar-refractivity contribution in [2.24, 2.45) is 0 Å². The summed E-state index contributed by atoms with van der Waals surface area (Å²) in [4.78, 5) is 8.52. The molecule has 0 bridgehead atoms. The first-order valence-corrected chi connectivity index (χ1v) is 6.83. The van der Waals surface area contributed by atoms with E-state index in [1.54, 1.807) is 17.8 Å². The van der Waals surface area contributed by atoms with E-state index in [1.807, 2.05) is 31.2 Å². The van der Waals surface area contributed by atoms with Crippen molar-refractivity contribution in [3.8, 4) is 0 Å². The Morgan fingerprint density at radius 1 is 1.28 bits per heavy atom. The van der Waals surface area contributed by atoms with Crippen molar-refractivity contribution in [2.45, 2.75) is 12.1 Å². The molecule has 0 atom stereocenters. The van der Waals surface area contributed by atoms with Crippen molar-refractivity contribution < 1.29 is 0 Å². The van der Waals surface area contributed by atoms with Gasteiger partial charge in [-0.2, -0.15) is 0 Å². The Kier molecular flexibility index (Phi) is 4.28. The molecule has 0 fully saturated rings. The minimum Gasteiger partial charge on any atom is -0.383 e. The number of nitrogens with two attached hydrogens (primary N) is 1. The Labute approximate surface area is 115 Å². The number of anilines is 3. The lowest BCUT2D eigenvalue weighted by Crippen LogP contribution is -2.00. The molecule has 0 unspecified atom stereocenters. The minimum atomic E-state index is 0.456. The van der Waals surface area contributed by atoms with Gasteiger partial charge in [-0.3, -0.25) is 0 Å². The summed E-state index contributed by atoms with van der Waals surface area (Å²) in [6, 6.07) is 9.10. The number of rotatable bonds is 4. The smallest absolute Gasteiger partial charge is 0.191 e. The molecule has 1 heterocycles. The van der Waals surface area contributed by atoms with Crippen LogP contribution in [0.4, 0.5) is 17.3 Å². The summed E-state index contributed by atoms with van der Waals surface area (Å²) in [7, 11) is 0. The molecule has 2 aromatic rings. The Morgan fingerprint density at radius 2 is 2.00 bits per heavy atom. The summed E-state index contributed by atoms with van der Waals surface area (Å²) in [6.07, 6.45) is 0. The molecule has 0 spiro atoms. The number of nitrogen functional groups attached to an aromatic ring is 1. The van der Waals surface area contributed by atoms with Crippen LogP contribution in [-0.4, -0.2) is 15.7 Å². The van der Waals surface area contributed by atoms with E-state index in [0.29, 0.717) is 21.8 Å². The summed E-state index contributed by atoms with van der Waals surface area (Å²) in [5, 5.41) is 4.54. The molecule has 0 saturated carbocycles. The van der Waals surface area contributed by atoms with E-state index >= 15 is 0 Å². The molecule has 6 heteroatoms. The monoisotopic (exact) mass is 280 g/mol. The summed E-state index contributed by atoms with van der Waals surface area (Å²) < 4.78 is 0. The number of nitrogens with zero attached hydrogens (tertiary/aromatic N) is 2. The van der Waals surface area contributed by atoms with Gasteiger partial charge in [-0.1, -0.05) is 30.3 Å². The van der Waals surface area contributed by atoms with Crippen LogP contribution in [0, 0.1) is 0 Å². The number of halogens is 1. The van der Waals surface area contributed by atoms with Crippen molar-refractivity contribution in [1.82, 2.24) is 9.97 Å². The summed E-state index contributed by atoms with van der Waals surface area (Å²) in [5.41, 5.74) is 6.65. The van der Waals surface area contributed by atoms with Gasteiger partial charge in [-0.05, 0) is 30.0 Å². The van der Waals surface area contributed by atoms with Gasteiger partial charge in [-0.25, -0.2) is 9.97 Å². The summed E-state index contributed by atoms with van der Waals surface area (Å²) >= 11 is 7.38. The van der Waals surface area contributed by atoms with E-state index in [1.165, 1.54) is 0 Å². The Bertz CT molecular complexity index is 530. The van der Waals surface area contributed by atoms with E-state index in [2.05, 4.69) is 15.3 Å². The van der Waals surface area contributed by atoms with Crippen LogP contribution in [0.1, 0.15) is 6.92 Å². The van der Waals surface area contributed by atoms with Crippen molar-refractivity contribution in [2.75, 3.05) is 16.8 Å².